The summed E-state index contributed by atoms with van der Waals surface area (Å²) in [6.45, 7) is 1.91. The van der Waals surface area contributed by atoms with Crippen LogP contribution in [0.4, 0.5) is 14.9 Å². The van der Waals surface area contributed by atoms with Gasteiger partial charge in [-0.3, -0.25) is 0 Å². The lowest BCUT2D eigenvalue weighted by molar-refractivity contribution is 0.208. The van der Waals surface area contributed by atoms with Crippen LogP contribution >= 0.6 is 11.6 Å². The molecular formula is C21H18ClFN6O. The first-order valence-corrected chi connectivity index (χ1v) is 9.55. The molecule has 7 nitrogen and oxygen atoms in total. The number of rotatable bonds is 4. The molecule has 2 amide bonds. The Morgan fingerprint density at radius 3 is 2.70 bits per heavy atom. The van der Waals surface area contributed by atoms with Gasteiger partial charge in [0.25, 0.3) is 0 Å². The summed E-state index contributed by atoms with van der Waals surface area (Å²) in [7, 11) is 1.69. The van der Waals surface area contributed by atoms with Gasteiger partial charge in [-0.1, -0.05) is 35.9 Å². The van der Waals surface area contributed by atoms with Crippen LogP contribution in [0.5, 0.6) is 0 Å². The second kappa shape index (κ2) is 8.08. The van der Waals surface area contributed by atoms with Crippen molar-refractivity contribution in [3.05, 3.63) is 77.7 Å². The third kappa shape index (κ3) is 3.69. The minimum absolute atomic E-state index is 0.0533. The molecule has 0 saturated carbocycles. The summed E-state index contributed by atoms with van der Waals surface area (Å²) in [4.78, 5) is 22.8. The molecular weight excluding hydrogens is 407 g/mol. The summed E-state index contributed by atoms with van der Waals surface area (Å²) in [5.41, 5.74) is 1.29. The first kappa shape index (κ1) is 19.8. The van der Waals surface area contributed by atoms with E-state index >= 15 is 0 Å². The lowest BCUT2D eigenvalue weighted by Crippen LogP contribution is -2.33. The molecule has 0 unspecified atom stereocenters. The molecule has 1 N–H and O–H groups in total. The third-order valence-electron chi connectivity index (χ3n) is 4.96. The zero-order valence-corrected chi connectivity index (χ0v) is 17.0. The minimum atomic E-state index is -0.540. The number of fused-ring (bicyclic) bond motifs is 1. The fraction of sp³-hybridized carbons (Fsp3) is 0.143. The first-order chi connectivity index (χ1) is 14.5. The van der Waals surface area contributed by atoms with Crippen molar-refractivity contribution in [1.82, 2.24) is 24.6 Å². The fourth-order valence-corrected chi connectivity index (χ4v) is 3.38. The molecule has 2 aromatic heterocycles. The molecule has 0 saturated heterocycles. The van der Waals surface area contributed by atoms with E-state index in [1.165, 1.54) is 24.5 Å². The monoisotopic (exact) mass is 424 g/mol. The molecule has 30 heavy (non-hydrogen) atoms. The standard InChI is InChI=1S/C21H18ClFN6O/c1-13(28(2)21(30)27-14-7-8-19(23)18(22)9-14)17-10-25-20(29-12-24-11-26-29)16-6-4-3-5-15(16)17/h3-13H,1-2H3,(H,27,30)/t13-/m0/s1. The van der Waals surface area contributed by atoms with Gasteiger partial charge in [0.05, 0.1) is 11.1 Å². The molecule has 1 atom stereocenters. The second-order valence-corrected chi connectivity index (χ2v) is 7.18. The Balaban J connectivity index is 1.64. The van der Waals surface area contributed by atoms with Crippen LogP contribution in [0.15, 0.2) is 61.3 Å². The second-order valence-electron chi connectivity index (χ2n) is 6.77. The number of halogens is 2. The van der Waals surface area contributed by atoms with Gasteiger partial charge >= 0.3 is 6.03 Å². The maximum atomic E-state index is 13.4. The minimum Gasteiger partial charge on any atom is -0.321 e. The predicted octanol–water partition coefficient (Wildman–Crippen LogP) is 4.83. The highest BCUT2D eigenvalue weighted by molar-refractivity contribution is 6.31. The molecule has 2 aromatic carbocycles. The lowest BCUT2D eigenvalue weighted by atomic mass is 10.0. The van der Waals surface area contributed by atoms with Crippen LogP contribution in [0.1, 0.15) is 18.5 Å². The molecule has 9 heteroatoms. The maximum Gasteiger partial charge on any atom is 0.322 e. The Labute approximate surface area is 177 Å². The highest BCUT2D eigenvalue weighted by Crippen LogP contribution is 2.30. The molecule has 0 bridgehead atoms. The smallest absolute Gasteiger partial charge is 0.321 e. The van der Waals surface area contributed by atoms with E-state index in [4.69, 9.17) is 11.6 Å². The normalized spacial score (nSPS) is 12.0. The van der Waals surface area contributed by atoms with Crippen molar-refractivity contribution in [2.24, 2.45) is 0 Å². The van der Waals surface area contributed by atoms with E-state index in [1.807, 2.05) is 31.2 Å². The van der Waals surface area contributed by atoms with Gasteiger partial charge in [-0.05, 0) is 30.5 Å². The largest absolute Gasteiger partial charge is 0.322 e. The topological polar surface area (TPSA) is 75.9 Å². The van der Waals surface area contributed by atoms with Crippen molar-refractivity contribution in [3.63, 3.8) is 0 Å². The number of carbonyl (C=O) groups is 1. The summed E-state index contributed by atoms with van der Waals surface area (Å²) in [6.07, 6.45) is 4.78. The van der Waals surface area contributed by atoms with Crippen LogP contribution in [0.25, 0.3) is 16.6 Å². The van der Waals surface area contributed by atoms with E-state index in [2.05, 4.69) is 20.4 Å². The Morgan fingerprint density at radius 2 is 2.00 bits per heavy atom. The number of carbonyl (C=O) groups excluding carboxylic acids is 1. The van der Waals surface area contributed by atoms with Gasteiger partial charge in [0.2, 0.25) is 0 Å². The average molecular weight is 425 g/mol. The molecule has 0 aliphatic rings. The zero-order chi connectivity index (χ0) is 21.3. The van der Waals surface area contributed by atoms with Crippen LogP contribution < -0.4 is 5.32 Å². The van der Waals surface area contributed by atoms with Crippen molar-refractivity contribution in [3.8, 4) is 5.82 Å². The van der Waals surface area contributed by atoms with Crippen molar-refractivity contribution in [2.45, 2.75) is 13.0 Å². The number of amides is 2. The Hall–Kier alpha value is -3.52. The molecule has 4 aromatic rings. The number of pyridine rings is 1. The highest BCUT2D eigenvalue weighted by atomic mass is 35.5. The van der Waals surface area contributed by atoms with Gasteiger partial charge in [0, 0.05) is 29.9 Å². The van der Waals surface area contributed by atoms with Crippen LogP contribution in [-0.4, -0.2) is 37.7 Å². The Morgan fingerprint density at radius 1 is 1.23 bits per heavy atom. The number of nitrogens with one attached hydrogen (secondary N) is 1. The number of aromatic nitrogens is 4. The van der Waals surface area contributed by atoms with Crippen LogP contribution in [0, 0.1) is 5.82 Å². The highest BCUT2D eigenvalue weighted by Gasteiger charge is 2.21. The fourth-order valence-electron chi connectivity index (χ4n) is 3.20. The van der Waals surface area contributed by atoms with E-state index in [-0.39, 0.29) is 17.1 Å². The van der Waals surface area contributed by atoms with Gasteiger partial charge in [-0.2, -0.15) is 5.10 Å². The van der Waals surface area contributed by atoms with Gasteiger partial charge in [-0.25, -0.2) is 23.8 Å². The maximum absolute atomic E-state index is 13.4. The van der Waals surface area contributed by atoms with Crippen LogP contribution in [-0.2, 0) is 0 Å². The first-order valence-electron chi connectivity index (χ1n) is 9.17. The molecule has 0 aliphatic carbocycles. The quantitative estimate of drug-likeness (QED) is 0.509. The molecule has 0 radical (unpaired) electrons. The van der Waals surface area contributed by atoms with Gasteiger partial charge in [-0.15, -0.1) is 0 Å². The van der Waals surface area contributed by atoms with Gasteiger partial charge in [0.1, 0.15) is 18.5 Å². The molecule has 0 spiro atoms. The number of hydrogen-bond acceptors (Lipinski definition) is 4. The van der Waals surface area contributed by atoms with E-state index in [0.29, 0.717) is 11.5 Å². The van der Waals surface area contributed by atoms with E-state index in [0.717, 1.165) is 16.3 Å². The number of urea groups is 1. The van der Waals surface area contributed by atoms with Crippen LogP contribution in [0.2, 0.25) is 5.02 Å². The summed E-state index contributed by atoms with van der Waals surface area (Å²) < 4.78 is 15.0. The number of hydrogen-bond donors (Lipinski definition) is 1. The van der Waals surface area contributed by atoms with Crippen LogP contribution in [0.3, 0.4) is 0 Å². The molecule has 4 rings (SSSR count). The number of benzene rings is 2. The van der Waals surface area contributed by atoms with E-state index in [1.54, 1.807) is 29.2 Å². The summed E-state index contributed by atoms with van der Waals surface area (Å²) in [5.74, 6) is 0.119. The third-order valence-corrected chi connectivity index (χ3v) is 5.25. The summed E-state index contributed by atoms with van der Waals surface area (Å²) in [5, 5.41) is 8.70. The van der Waals surface area contributed by atoms with Crippen molar-refractivity contribution < 1.29 is 9.18 Å². The van der Waals surface area contributed by atoms with Crippen molar-refractivity contribution in [2.75, 3.05) is 12.4 Å². The zero-order valence-electron chi connectivity index (χ0n) is 16.3. The Bertz CT molecular complexity index is 1210. The molecule has 2 heterocycles. The van der Waals surface area contributed by atoms with Gasteiger partial charge < -0.3 is 10.2 Å². The number of nitrogens with zero attached hydrogens (tertiary/aromatic N) is 5. The molecule has 152 valence electrons. The summed E-state index contributed by atoms with van der Waals surface area (Å²) in [6, 6.07) is 11.2. The number of anilines is 1. The lowest BCUT2D eigenvalue weighted by Gasteiger charge is -2.26. The average Bonchev–Trinajstić information content (AvgIpc) is 3.29. The Kier molecular flexibility index (Phi) is 5.33. The van der Waals surface area contributed by atoms with Crippen molar-refractivity contribution in [1.29, 1.82) is 0 Å². The summed E-state index contributed by atoms with van der Waals surface area (Å²) >= 11 is 5.80. The molecule has 0 fully saturated rings. The van der Waals surface area contributed by atoms with E-state index < -0.39 is 5.82 Å². The van der Waals surface area contributed by atoms with Gasteiger partial charge in [0.15, 0.2) is 5.82 Å². The SMILES string of the molecule is C[C@@H](c1cnc(-n2cncn2)c2ccccc12)N(C)C(=O)Nc1ccc(F)c(Cl)c1. The van der Waals surface area contributed by atoms with E-state index in [9.17, 15) is 9.18 Å². The molecule has 0 aliphatic heterocycles. The van der Waals surface area contributed by atoms with Crippen molar-refractivity contribution >= 4 is 34.1 Å². The predicted molar refractivity (Wildman–Crippen MR) is 113 cm³/mol.